The van der Waals surface area contributed by atoms with E-state index in [1.807, 2.05) is 0 Å². The quantitative estimate of drug-likeness (QED) is 0.703. The van der Waals surface area contributed by atoms with Crippen molar-refractivity contribution in [1.29, 1.82) is 0 Å². The maximum atomic E-state index is 9.05. The fourth-order valence-electron chi connectivity index (χ4n) is 2.43. The highest BCUT2D eigenvalue weighted by molar-refractivity contribution is 4.71. The Morgan fingerprint density at radius 1 is 1.18 bits per heavy atom. The molecule has 1 N–H and O–H groups in total. The molecular formula is C14H30N2O. The van der Waals surface area contributed by atoms with Gasteiger partial charge in [-0.1, -0.05) is 20.3 Å². The van der Waals surface area contributed by atoms with E-state index in [0.29, 0.717) is 6.61 Å². The number of rotatable bonds is 8. The number of likely N-dealkylation sites (tertiary alicyclic amines) is 1. The topological polar surface area (TPSA) is 26.7 Å². The van der Waals surface area contributed by atoms with Crippen LogP contribution in [0.5, 0.6) is 0 Å². The fourth-order valence-corrected chi connectivity index (χ4v) is 2.43. The SMILES string of the molecule is CCCCN(CCO)CCN1CCC(C)CC1. The van der Waals surface area contributed by atoms with Crippen molar-refractivity contribution in [2.45, 2.75) is 39.5 Å². The lowest BCUT2D eigenvalue weighted by Crippen LogP contribution is -2.40. The minimum absolute atomic E-state index is 0.292. The van der Waals surface area contributed by atoms with Crippen LogP contribution in [0.2, 0.25) is 0 Å². The molecule has 0 amide bonds. The molecule has 3 nitrogen and oxygen atoms in total. The summed E-state index contributed by atoms with van der Waals surface area (Å²) in [5.41, 5.74) is 0. The van der Waals surface area contributed by atoms with E-state index in [4.69, 9.17) is 5.11 Å². The molecule has 0 bridgehead atoms. The van der Waals surface area contributed by atoms with Crippen LogP contribution in [0.1, 0.15) is 39.5 Å². The highest BCUT2D eigenvalue weighted by Gasteiger charge is 2.15. The summed E-state index contributed by atoms with van der Waals surface area (Å²) in [5.74, 6) is 0.917. The van der Waals surface area contributed by atoms with Gasteiger partial charge >= 0.3 is 0 Å². The van der Waals surface area contributed by atoms with Gasteiger partial charge in [0.2, 0.25) is 0 Å². The molecule has 1 saturated heterocycles. The van der Waals surface area contributed by atoms with Crippen LogP contribution in [0.25, 0.3) is 0 Å². The summed E-state index contributed by atoms with van der Waals surface area (Å²) < 4.78 is 0. The van der Waals surface area contributed by atoms with Crippen LogP contribution in [-0.4, -0.2) is 60.8 Å². The van der Waals surface area contributed by atoms with E-state index >= 15 is 0 Å². The average molecular weight is 242 g/mol. The third-order valence-corrected chi connectivity index (χ3v) is 3.85. The molecule has 3 heteroatoms. The molecule has 0 radical (unpaired) electrons. The number of aliphatic hydroxyl groups excluding tert-OH is 1. The molecule has 0 aromatic carbocycles. The van der Waals surface area contributed by atoms with Crippen molar-refractivity contribution >= 4 is 0 Å². The second kappa shape index (κ2) is 8.90. The predicted molar refractivity (Wildman–Crippen MR) is 73.3 cm³/mol. The van der Waals surface area contributed by atoms with Gasteiger partial charge in [0, 0.05) is 19.6 Å². The third-order valence-electron chi connectivity index (χ3n) is 3.85. The monoisotopic (exact) mass is 242 g/mol. The van der Waals surface area contributed by atoms with Gasteiger partial charge in [0.05, 0.1) is 6.61 Å². The number of unbranched alkanes of at least 4 members (excludes halogenated alkanes) is 1. The Balaban J connectivity index is 2.16. The first kappa shape index (κ1) is 14.9. The summed E-state index contributed by atoms with van der Waals surface area (Å²) in [4.78, 5) is 4.98. The largest absolute Gasteiger partial charge is 0.395 e. The van der Waals surface area contributed by atoms with E-state index in [-0.39, 0.29) is 0 Å². The van der Waals surface area contributed by atoms with Gasteiger partial charge in [0.25, 0.3) is 0 Å². The second-order valence-electron chi connectivity index (χ2n) is 5.44. The van der Waals surface area contributed by atoms with Crippen LogP contribution in [0, 0.1) is 5.92 Å². The number of piperidine rings is 1. The van der Waals surface area contributed by atoms with Gasteiger partial charge in [-0.2, -0.15) is 0 Å². The van der Waals surface area contributed by atoms with Crippen molar-refractivity contribution in [2.75, 3.05) is 45.9 Å². The van der Waals surface area contributed by atoms with Crippen molar-refractivity contribution in [2.24, 2.45) is 5.92 Å². The standard InChI is InChI=1S/C14H30N2O/c1-3-4-7-15(12-13-17)10-11-16-8-5-14(2)6-9-16/h14,17H,3-13H2,1-2H3. The molecule has 0 aromatic heterocycles. The summed E-state index contributed by atoms with van der Waals surface area (Å²) in [7, 11) is 0. The molecule has 0 unspecified atom stereocenters. The van der Waals surface area contributed by atoms with E-state index in [2.05, 4.69) is 23.6 Å². The van der Waals surface area contributed by atoms with E-state index in [1.54, 1.807) is 0 Å². The summed E-state index contributed by atoms with van der Waals surface area (Å²) in [6.45, 7) is 11.7. The second-order valence-corrected chi connectivity index (χ2v) is 5.44. The van der Waals surface area contributed by atoms with Crippen molar-refractivity contribution in [1.82, 2.24) is 9.80 Å². The van der Waals surface area contributed by atoms with Gasteiger partial charge in [-0.15, -0.1) is 0 Å². The van der Waals surface area contributed by atoms with Crippen LogP contribution in [0.3, 0.4) is 0 Å². The lowest BCUT2D eigenvalue weighted by molar-refractivity contribution is 0.144. The average Bonchev–Trinajstić information content (AvgIpc) is 2.35. The van der Waals surface area contributed by atoms with Gasteiger partial charge in [-0.3, -0.25) is 4.90 Å². The van der Waals surface area contributed by atoms with Crippen LogP contribution >= 0.6 is 0 Å². The van der Waals surface area contributed by atoms with Crippen molar-refractivity contribution < 1.29 is 5.11 Å². The van der Waals surface area contributed by atoms with E-state index < -0.39 is 0 Å². The molecule has 1 fully saturated rings. The molecule has 1 rings (SSSR count). The van der Waals surface area contributed by atoms with Crippen molar-refractivity contribution in [3.05, 3.63) is 0 Å². The van der Waals surface area contributed by atoms with Crippen LogP contribution < -0.4 is 0 Å². The molecule has 102 valence electrons. The van der Waals surface area contributed by atoms with E-state index in [9.17, 15) is 0 Å². The molecule has 0 spiro atoms. The minimum Gasteiger partial charge on any atom is -0.395 e. The van der Waals surface area contributed by atoms with Crippen LogP contribution in [0.15, 0.2) is 0 Å². The Morgan fingerprint density at radius 3 is 2.47 bits per heavy atom. The molecule has 0 atom stereocenters. The lowest BCUT2D eigenvalue weighted by atomic mass is 9.99. The molecule has 0 aliphatic carbocycles. The predicted octanol–water partition coefficient (Wildman–Crippen LogP) is 1.81. The zero-order chi connectivity index (χ0) is 12.5. The molecule has 17 heavy (non-hydrogen) atoms. The highest BCUT2D eigenvalue weighted by atomic mass is 16.3. The smallest absolute Gasteiger partial charge is 0.0558 e. The van der Waals surface area contributed by atoms with Crippen molar-refractivity contribution in [3.63, 3.8) is 0 Å². The highest BCUT2D eigenvalue weighted by Crippen LogP contribution is 2.15. The van der Waals surface area contributed by atoms with Gasteiger partial charge in [0.1, 0.15) is 0 Å². The number of hydrogen-bond acceptors (Lipinski definition) is 3. The van der Waals surface area contributed by atoms with E-state index in [1.165, 1.54) is 45.3 Å². The molecule has 1 aliphatic heterocycles. The normalized spacial score (nSPS) is 19.1. The maximum Gasteiger partial charge on any atom is 0.0558 e. The first-order chi connectivity index (χ1) is 8.26. The van der Waals surface area contributed by atoms with Crippen LogP contribution in [-0.2, 0) is 0 Å². The van der Waals surface area contributed by atoms with Gasteiger partial charge < -0.3 is 10.0 Å². The fraction of sp³-hybridized carbons (Fsp3) is 1.00. The van der Waals surface area contributed by atoms with Gasteiger partial charge in [0.15, 0.2) is 0 Å². The molecule has 1 heterocycles. The minimum atomic E-state index is 0.292. The summed E-state index contributed by atoms with van der Waals surface area (Å²) in [6.07, 6.45) is 5.20. The molecule has 0 aromatic rings. The van der Waals surface area contributed by atoms with Crippen molar-refractivity contribution in [3.8, 4) is 0 Å². The van der Waals surface area contributed by atoms with E-state index in [0.717, 1.165) is 25.6 Å². The lowest BCUT2D eigenvalue weighted by Gasteiger charge is -2.32. The Labute approximate surface area is 107 Å². The zero-order valence-electron chi connectivity index (χ0n) is 11.7. The number of hydrogen-bond donors (Lipinski definition) is 1. The number of aliphatic hydroxyl groups is 1. The molecule has 0 saturated carbocycles. The summed E-state index contributed by atoms with van der Waals surface area (Å²) in [5, 5.41) is 9.05. The van der Waals surface area contributed by atoms with Crippen LogP contribution in [0.4, 0.5) is 0 Å². The Kier molecular flexibility index (Phi) is 7.82. The Hall–Kier alpha value is -0.120. The summed E-state index contributed by atoms with van der Waals surface area (Å²) >= 11 is 0. The van der Waals surface area contributed by atoms with Gasteiger partial charge in [-0.25, -0.2) is 0 Å². The first-order valence-electron chi connectivity index (χ1n) is 7.31. The zero-order valence-corrected chi connectivity index (χ0v) is 11.7. The summed E-state index contributed by atoms with van der Waals surface area (Å²) in [6, 6.07) is 0. The third kappa shape index (κ3) is 6.39. The Morgan fingerprint density at radius 2 is 1.88 bits per heavy atom. The maximum absolute atomic E-state index is 9.05. The molecule has 1 aliphatic rings. The molecular weight excluding hydrogens is 212 g/mol. The number of nitrogens with zero attached hydrogens (tertiary/aromatic N) is 2. The first-order valence-corrected chi connectivity index (χ1v) is 7.31. The Bertz CT molecular complexity index is 179. The van der Waals surface area contributed by atoms with Gasteiger partial charge in [-0.05, 0) is 44.8 Å².